The van der Waals surface area contributed by atoms with Gasteiger partial charge in [-0.05, 0) is 30.7 Å². The van der Waals surface area contributed by atoms with Gasteiger partial charge in [0.15, 0.2) is 6.04 Å². The van der Waals surface area contributed by atoms with Gasteiger partial charge in [-0.3, -0.25) is 9.78 Å². The Kier molecular flexibility index (Phi) is 4.90. The van der Waals surface area contributed by atoms with E-state index in [0.717, 1.165) is 0 Å². The summed E-state index contributed by atoms with van der Waals surface area (Å²) >= 11 is 0. The van der Waals surface area contributed by atoms with Crippen molar-refractivity contribution in [2.24, 2.45) is 5.73 Å². The highest BCUT2D eigenvalue weighted by Gasteiger charge is 2.22. The Balaban J connectivity index is 2.35. The number of carbonyl (C=O) groups excluding carboxylic acids is 2. The summed E-state index contributed by atoms with van der Waals surface area (Å²) in [5.74, 6) is -1.58. The number of halogens is 1. The first kappa shape index (κ1) is 16.4. The van der Waals surface area contributed by atoms with Gasteiger partial charge in [0.05, 0.1) is 30.3 Å². The van der Waals surface area contributed by atoms with E-state index in [0.29, 0.717) is 16.9 Å². The highest BCUT2D eigenvalue weighted by molar-refractivity contribution is 5.94. The highest BCUT2D eigenvalue weighted by atomic mass is 19.1. The normalized spacial score (nSPS) is 11.6. The minimum absolute atomic E-state index is 0.248. The lowest BCUT2D eigenvalue weighted by atomic mass is 10.1. The van der Waals surface area contributed by atoms with Crippen LogP contribution in [-0.4, -0.2) is 24.0 Å². The summed E-state index contributed by atoms with van der Waals surface area (Å²) in [5, 5.41) is 2.92. The summed E-state index contributed by atoms with van der Waals surface area (Å²) in [6.45, 7) is 1.65. The molecular weight excluding hydrogens is 301 g/mol. The number of hydrogen-bond donors (Lipinski definition) is 2. The Hall–Kier alpha value is -2.96. The zero-order valence-electron chi connectivity index (χ0n) is 12.7. The molecule has 1 aromatic heterocycles. The predicted molar refractivity (Wildman–Crippen MR) is 82.3 cm³/mol. The molecule has 0 fully saturated rings. The second-order valence-corrected chi connectivity index (χ2v) is 4.87. The second kappa shape index (κ2) is 6.87. The zero-order valence-corrected chi connectivity index (χ0v) is 12.7. The van der Waals surface area contributed by atoms with Gasteiger partial charge in [0, 0.05) is 0 Å². The monoisotopic (exact) mass is 317 g/mol. The fourth-order valence-corrected chi connectivity index (χ4v) is 2.08. The van der Waals surface area contributed by atoms with Gasteiger partial charge >= 0.3 is 5.97 Å². The Bertz CT molecular complexity index is 732. The SMILES string of the molecule is COC(=O)C(Nc1cnc(C)c(C(N)=O)c1)c1ccc(F)cc1. The van der Waals surface area contributed by atoms with Crippen LogP contribution < -0.4 is 11.1 Å². The second-order valence-electron chi connectivity index (χ2n) is 4.87. The van der Waals surface area contributed by atoms with Crippen molar-refractivity contribution >= 4 is 17.6 Å². The van der Waals surface area contributed by atoms with Crippen LogP contribution in [0.4, 0.5) is 10.1 Å². The fraction of sp³-hybridized carbons (Fsp3) is 0.188. The third-order valence-electron chi connectivity index (χ3n) is 3.30. The van der Waals surface area contributed by atoms with Crippen LogP contribution >= 0.6 is 0 Å². The minimum atomic E-state index is -0.870. The number of anilines is 1. The molecule has 120 valence electrons. The van der Waals surface area contributed by atoms with Crippen molar-refractivity contribution < 1.29 is 18.7 Å². The first-order valence-corrected chi connectivity index (χ1v) is 6.78. The Morgan fingerprint density at radius 3 is 2.52 bits per heavy atom. The van der Waals surface area contributed by atoms with E-state index in [2.05, 4.69) is 10.3 Å². The average molecular weight is 317 g/mol. The van der Waals surface area contributed by atoms with Gasteiger partial charge in [-0.25, -0.2) is 9.18 Å². The van der Waals surface area contributed by atoms with E-state index in [4.69, 9.17) is 10.5 Å². The van der Waals surface area contributed by atoms with E-state index in [1.165, 1.54) is 43.6 Å². The third kappa shape index (κ3) is 3.82. The van der Waals surface area contributed by atoms with E-state index in [9.17, 15) is 14.0 Å². The largest absolute Gasteiger partial charge is 0.467 e. The van der Waals surface area contributed by atoms with E-state index < -0.39 is 23.7 Å². The number of carbonyl (C=O) groups is 2. The molecule has 1 amide bonds. The number of aryl methyl sites for hydroxylation is 1. The topological polar surface area (TPSA) is 94.3 Å². The van der Waals surface area contributed by atoms with Gasteiger partial charge in [-0.2, -0.15) is 0 Å². The number of benzene rings is 1. The lowest BCUT2D eigenvalue weighted by molar-refractivity contribution is -0.141. The number of nitrogens with two attached hydrogens (primary N) is 1. The summed E-state index contributed by atoms with van der Waals surface area (Å²) in [5.41, 5.74) is 6.96. The molecule has 2 rings (SSSR count). The fourth-order valence-electron chi connectivity index (χ4n) is 2.08. The molecular formula is C16H16FN3O3. The highest BCUT2D eigenvalue weighted by Crippen LogP contribution is 2.22. The van der Waals surface area contributed by atoms with Crippen LogP contribution in [0.2, 0.25) is 0 Å². The maximum absolute atomic E-state index is 13.0. The van der Waals surface area contributed by atoms with Gasteiger partial charge in [-0.15, -0.1) is 0 Å². The average Bonchev–Trinajstić information content (AvgIpc) is 2.54. The van der Waals surface area contributed by atoms with Crippen molar-refractivity contribution in [1.82, 2.24) is 4.98 Å². The predicted octanol–water partition coefficient (Wildman–Crippen LogP) is 1.95. The molecule has 0 aliphatic carbocycles. The number of nitrogens with one attached hydrogen (secondary N) is 1. The first-order chi connectivity index (χ1) is 10.9. The van der Waals surface area contributed by atoms with E-state index >= 15 is 0 Å². The smallest absolute Gasteiger partial charge is 0.332 e. The number of primary amides is 1. The van der Waals surface area contributed by atoms with Gasteiger partial charge in [-0.1, -0.05) is 12.1 Å². The molecule has 0 saturated carbocycles. The summed E-state index contributed by atoms with van der Waals surface area (Å²) in [6.07, 6.45) is 1.47. The van der Waals surface area contributed by atoms with E-state index in [1.807, 2.05) is 0 Å². The van der Waals surface area contributed by atoms with Crippen molar-refractivity contribution in [2.45, 2.75) is 13.0 Å². The molecule has 6 nitrogen and oxygen atoms in total. The molecule has 0 aliphatic heterocycles. The van der Waals surface area contributed by atoms with E-state index in [1.54, 1.807) is 6.92 Å². The maximum atomic E-state index is 13.0. The number of rotatable bonds is 5. The number of pyridine rings is 1. The standard InChI is InChI=1S/C16H16FN3O3/c1-9-13(15(18)21)7-12(8-19-9)20-14(16(22)23-2)10-3-5-11(17)6-4-10/h3-8,14,20H,1-2H3,(H2,18,21). The number of amides is 1. The van der Waals surface area contributed by atoms with Crippen LogP contribution in [0.25, 0.3) is 0 Å². The Morgan fingerprint density at radius 2 is 1.96 bits per heavy atom. The molecule has 0 aliphatic rings. The molecule has 7 heteroatoms. The van der Waals surface area contributed by atoms with Gasteiger partial charge in [0.1, 0.15) is 5.82 Å². The summed E-state index contributed by atoms with van der Waals surface area (Å²) in [7, 11) is 1.25. The van der Waals surface area contributed by atoms with Crippen LogP contribution in [0.15, 0.2) is 36.5 Å². The van der Waals surface area contributed by atoms with Crippen LogP contribution in [0.1, 0.15) is 27.7 Å². The van der Waals surface area contributed by atoms with Crippen molar-refractivity contribution in [3.05, 3.63) is 59.2 Å². The van der Waals surface area contributed by atoms with Crippen LogP contribution in [0.3, 0.4) is 0 Å². The van der Waals surface area contributed by atoms with Crippen LogP contribution in [0, 0.1) is 12.7 Å². The number of methoxy groups -OCH3 is 1. The molecule has 1 heterocycles. The molecule has 0 spiro atoms. The Morgan fingerprint density at radius 1 is 1.30 bits per heavy atom. The molecule has 1 unspecified atom stereocenters. The van der Waals surface area contributed by atoms with Gasteiger partial charge in [0.2, 0.25) is 0 Å². The molecule has 0 bridgehead atoms. The van der Waals surface area contributed by atoms with E-state index in [-0.39, 0.29) is 5.56 Å². The van der Waals surface area contributed by atoms with Crippen molar-refractivity contribution in [3.63, 3.8) is 0 Å². The van der Waals surface area contributed by atoms with Crippen LogP contribution in [0.5, 0.6) is 0 Å². The first-order valence-electron chi connectivity index (χ1n) is 6.78. The zero-order chi connectivity index (χ0) is 17.0. The molecule has 2 aromatic rings. The maximum Gasteiger partial charge on any atom is 0.332 e. The van der Waals surface area contributed by atoms with Crippen LogP contribution in [-0.2, 0) is 9.53 Å². The summed E-state index contributed by atoms with van der Waals surface area (Å²) in [4.78, 5) is 27.4. The van der Waals surface area contributed by atoms with Gasteiger partial charge < -0.3 is 15.8 Å². The molecule has 3 N–H and O–H groups in total. The Labute approximate surface area is 132 Å². The number of aromatic nitrogens is 1. The molecule has 1 aromatic carbocycles. The summed E-state index contributed by atoms with van der Waals surface area (Å²) < 4.78 is 17.8. The van der Waals surface area contributed by atoms with Crippen molar-refractivity contribution in [2.75, 3.05) is 12.4 Å². The summed E-state index contributed by atoms with van der Waals surface area (Å²) in [6, 6.07) is 6.07. The third-order valence-corrected chi connectivity index (χ3v) is 3.30. The lowest BCUT2D eigenvalue weighted by Gasteiger charge is -2.18. The molecule has 1 atom stereocenters. The molecule has 23 heavy (non-hydrogen) atoms. The van der Waals surface area contributed by atoms with Gasteiger partial charge in [0.25, 0.3) is 5.91 Å². The number of esters is 1. The number of nitrogens with zero attached hydrogens (tertiary/aromatic N) is 1. The molecule has 0 radical (unpaired) electrons. The van der Waals surface area contributed by atoms with Crippen molar-refractivity contribution in [3.8, 4) is 0 Å². The quantitative estimate of drug-likeness (QED) is 0.822. The number of ether oxygens (including phenoxy) is 1. The minimum Gasteiger partial charge on any atom is -0.467 e. The number of hydrogen-bond acceptors (Lipinski definition) is 5. The lowest BCUT2D eigenvalue weighted by Crippen LogP contribution is -2.23. The molecule has 0 saturated heterocycles. The van der Waals surface area contributed by atoms with Crippen molar-refractivity contribution in [1.29, 1.82) is 0 Å².